The Morgan fingerprint density at radius 2 is 1.68 bits per heavy atom. The topological polar surface area (TPSA) is 46.9 Å². The van der Waals surface area contributed by atoms with E-state index in [-0.39, 0.29) is 11.8 Å². The molecule has 192 valence electrons. The van der Waals surface area contributed by atoms with Crippen LogP contribution in [0.15, 0.2) is 72.9 Å². The number of amides is 1. The summed E-state index contributed by atoms with van der Waals surface area (Å²) < 4.78 is 13.2. The van der Waals surface area contributed by atoms with Gasteiger partial charge in [-0.05, 0) is 47.5 Å². The number of carbonyl (C=O) groups is 1. The lowest BCUT2D eigenvalue weighted by atomic mass is 9.87. The van der Waals surface area contributed by atoms with Gasteiger partial charge in [-0.15, -0.1) is 0 Å². The lowest BCUT2D eigenvalue weighted by Gasteiger charge is -2.36. The summed E-state index contributed by atoms with van der Waals surface area (Å²) in [6, 6.07) is 22.2. The molecule has 0 bridgehead atoms. The number of hydrogen-bond acceptors (Lipinski definition) is 4. The molecule has 1 aliphatic rings. The molecule has 4 aromatic rings. The maximum absolute atomic E-state index is 13.7. The summed E-state index contributed by atoms with van der Waals surface area (Å²) in [7, 11) is 5.32. The van der Waals surface area contributed by atoms with E-state index in [1.54, 1.807) is 14.2 Å². The highest BCUT2D eigenvalue weighted by atomic mass is 35.5. The van der Waals surface area contributed by atoms with Gasteiger partial charge in [-0.1, -0.05) is 41.9 Å². The second kappa shape index (κ2) is 10.8. The maximum Gasteiger partial charge on any atom is 0.223 e. The standard InChI is InChI=1S/C30H32ClN3O3/c1-32-20-26(24-9-4-5-10-27(24)32)25(21-11-12-28(36-2)29(17-21)37-3)19-30(35)34-15-13-33(14-16-34)23-8-6-7-22(31)18-23/h4-12,17-18,20,25H,13-16,19H2,1-3H3. The number of ether oxygens (including phenoxy) is 2. The van der Waals surface area contributed by atoms with Gasteiger partial charge in [0.2, 0.25) is 5.91 Å². The first-order valence-corrected chi connectivity index (χ1v) is 12.9. The van der Waals surface area contributed by atoms with Crippen LogP contribution in [0.25, 0.3) is 10.9 Å². The van der Waals surface area contributed by atoms with E-state index < -0.39 is 0 Å². The fourth-order valence-electron chi connectivity index (χ4n) is 5.32. The van der Waals surface area contributed by atoms with Gasteiger partial charge in [0.05, 0.1) is 14.2 Å². The minimum absolute atomic E-state index is 0.121. The highest BCUT2D eigenvalue weighted by Crippen LogP contribution is 2.38. The molecular weight excluding hydrogens is 486 g/mol. The van der Waals surface area contributed by atoms with Crippen molar-refractivity contribution in [3.63, 3.8) is 0 Å². The van der Waals surface area contributed by atoms with E-state index in [0.717, 1.165) is 45.8 Å². The smallest absolute Gasteiger partial charge is 0.223 e. The molecule has 1 amide bonds. The average Bonchev–Trinajstić information content (AvgIpc) is 3.27. The average molecular weight is 518 g/mol. The highest BCUT2D eigenvalue weighted by molar-refractivity contribution is 6.30. The second-order valence-corrected chi connectivity index (χ2v) is 9.87. The molecule has 1 fully saturated rings. The lowest BCUT2D eigenvalue weighted by Crippen LogP contribution is -2.49. The van der Waals surface area contributed by atoms with Crippen molar-refractivity contribution in [2.24, 2.45) is 7.05 Å². The summed E-state index contributed by atoms with van der Waals surface area (Å²) >= 11 is 6.19. The van der Waals surface area contributed by atoms with E-state index in [2.05, 4.69) is 33.9 Å². The number of halogens is 1. The van der Waals surface area contributed by atoms with Gasteiger partial charge in [-0.2, -0.15) is 0 Å². The summed E-state index contributed by atoms with van der Waals surface area (Å²) in [6.45, 7) is 2.92. The van der Waals surface area contributed by atoms with Crippen molar-refractivity contribution < 1.29 is 14.3 Å². The molecule has 5 rings (SSSR count). The van der Waals surface area contributed by atoms with Gasteiger partial charge < -0.3 is 23.8 Å². The molecule has 3 aromatic carbocycles. The summed E-state index contributed by atoms with van der Waals surface area (Å²) in [5.74, 6) is 1.36. The van der Waals surface area contributed by atoms with E-state index in [0.29, 0.717) is 31.0 Å². The zero-order valence-corrected chi connectivity index (χ0v) is 22.2. The van der Waals surface area contributed by atoms with Crippen molar-refractivity contribution in [3.8, 4) is 11.5 Å². The van der Waals surface area contributed by atoms with Crippen LogP contribution in [-0.2, 0) is 11.8 Å². The number of nitrogens with zero attached hydrogens (tertiary/aromatic N) is 3. The van der Waals surface area contributed by atoms with Gasteiger partial charge in [-0.3, -0.25) is 4.79 Å². The van der Waals surface area contributed by atoms with Crippen LogP contribution in [0.5, 0.6) is 11.5 Å². The first-order valence-electron chi connectivity index (χ1n) is 12.5. The summed E-state index contributed by atoms with van der Waals surface area (Å²) in [4.78, 5) is 18.0. The molecule has 1 aromatic heterocycles. The van der Waals surface area contributed by atoms with Crippen LogP contribution in [-0.4, -0.2) is 55.8 Å². The number of rotatable bonds is 7. The van der Waals surface area contributed by atoms with Crippen LogP contribution in [0, 0.1) is 0 Å². The molecule has 0 aliphatic carbocycles. The van der Waals surface area contributed by atoms with Crippen molar-refractivity contribution >= 4 is 34.1 Å². The van der Waals surface area contributed by atoms with Gasteiger partial charge in [0, 0.05) is 73.4 Å². The predicted octanol–water partition coefficient (Wildman–Crippen LogP) is 5.72. The first kappa shape index (κ1) is 25.0. The van der Waals surface area contributed by atoms with Crippen LogP contribution in [0.3, 0.4) is 0 Å². The third-order valence-electron chi connectivity index (χ3n) is 7.30. The number of aromatic nitrogens is 1. The zero-order chi connectivity index (χ0) is 25.9. The van der Waals surface area contributed by atoms with Gasteiger partial charge >= 0.3 is 0 Å². The SMILES string of the molecule is COc1ccc(C(CC(=O)N2CCN(c3cccc(Cl)c3)CC2)c2cn(C)c3ccccc23)cc1OC. The summed E-state index contributed by atoms with van der Waals surface area (Å²) in [6.07, 6.45) is 2.52. The van der Waals surface area contributed by atoms with Crippen LogP contribution >= 0.6 is 11.6 Å². The second-order valence-electron chi connectivity index (χ2n) is 9.43. The summed E-state index contributed by atoms with van der Waals surface area (Å²) in [5, 5.41) is 1.88. The van der Waals surface area contributed by atoms with E-state index >= 15 is 0 Å². The number of carbonyl (C=O) groups excluding carboxylic acids is 1. The molecule has 0 spiro atoms. The molecule has 0 radical (unpaired) electrons. The number of hydrogen-bond donors (Lipinski definition) is 0. The Morgan fingerprint density at radius 1 is 0.919 bits per heavy atom. The molecule has 2 heterocycles. The molecule has 6 nitrogen and oxygen atoms in total. The van der Waals surface area contributed by atoms with Crippen molar-refractivity contribution in [1.29, 1.82) is 0 Å². The molecule has 1 saturated heterocycles. The number of piperazine rings is 1. The Morgan fingerprint density at radius 3 is 2.41 bits per heavy atom. The Labute approximate surface area is 223 Å². The Hall–Kier alpha value is -3.64. The van der Waals surface area contributed by atoms with E-state index in [1.807, 2.05) is 60.5 Å². The molecule has 1 atom stereocenters. The Balaban J connectivity index is 1.42. The number of benzene rings is 3. The molecule has 0 N–H and O–H groups in total. The fourth-order valence-corrected chi connectivity index (χ4v) is 5.50. The first-order chi connectivity index (χ1) is 18.0. The summed E-state index contributed by atoms with van der Waals surface area (Å²) in [5.41, 5.74) is 4.40. The van der Waals surface area contributed by atoms with Crippen LogP contribution < -0.4 is 14.4 Å². The molecule has 7 heteroatoms. The largest absolute Gasteiger partial charge is 0.493 e. The van der Waals surface area contributed by atoms with Crippen molar-refractivity contribution in [1.82, 2.24) is 9.47 Å². The molecule has 1 aliphatic heterocycles. The van der Waals surface area contributed by atoms with Gasteiger partial charge in [-0.25, -0.2) is 0 Å². The molecule has 1 unspecified atom stereocenters. The van der Waals surface area contributed by atoms with Gasteiger partial charge in [0.1, 0.15) is 0 Å². The third-order valence-corrected chi connectivity index (χ3v) is 7.53. The van der Waals surface area contributed by atoms with E-state index in [4.69, 9.17) is 21.1 Å². The third kappa shape index (κ3) is 5.12. The molecule has 37 heavy (non-hydrogen) atoms. The fraction of sp³-hybridized carbons (Fsp3) is 0.300. The monoisotopic (exact) mass is 517 g/mol. The highest BCUT2D eigenvalue weighted by Gasteiger charge is 2.28. The quantitative estimate of drug-likeness (QED) is 0.314. The van der Waals surface area contributed by atoms with E-state index in [1.165, 1.54) is 0 Å². The zero-order valence-electron chi connectivity index (χ0n) is 21.5. The van der Waals surface area contributed by atoms with Gasteiger partial charge in [0.25, 0.3) is 0 Å². The Kier molecular flexibility index (Phi) is 7.28. The van der Waals surface area contributed by atoms with Crippen molar-refractivity contribution in [3.05, 3.63) is 89.1 Å². The van der Waals surface area contributed by atoms with Crippen LogP contribution in [0.2, 0.25) is 5.02 Å². The lowest BCUT2D eigenvalue weighted by molar-refractivity contribution is -0.131. The maximum atomic E-state index is 13.7. The molecular formula is C30H32ClN3O3. The van der Waals surface area contributed by atoms with Crippen LogP contribution in [0.4, 0.5) is 5.69 Å². The van der Waals surface area contributed by atoms with Crippen LogP contribution in [0.1, 0.15) is 23.5 Å². The number of anilines is 1. The normalized spacial score (nSPS) is 14.6. The minimum atomic E-state index is -0.121. The van der Waals surface area contributed by atoms with Crippen molar-refractivity contribution in [2.45, 2.75) is 12.3 Å². The van der Waals surface area contributed by atoms with E-state index in [9.17, 15) is 4.79 Å². The van der Waals surface area contributed by atoms with Crippen molar-refractivity contribution in [2.75, 3.05) is 45.3 Å². The number of methoxy groups -OCH3 is 2. The number of para-hydroxylation sites is 1. The minimum Gasteiger partial charge on any atom is -0.493 e. The number of fused-ring (bicyclic) bond motifs is 1. The van der Waals surface area contributed by atoms with Gasteiger partial charge in [0.15, 0.2) is 11.5 Å². The Bertz CT molecular complexity index is 1410. The molecule has 0 saturated carbocycles. The predicted molar refractivity (Wildman–Crippen MR) is 149 cm³/mol. The number of aryl methyl sites for hydroxylation is 1.